The molecule has 0 aromatic heterocycles. The highest BCUT2D eigenvalue weighted by atomic mass is 35.5. The first-order chi connectivity index (χ1) is 8.81. The van der Waals surface area contributed by atoms with Gasteiger partial charge in [-0.3, -0.25) is 0 Å². The van der Waals surface area contributed by atoms with Crippen LogP contribution in [0.25, 0.3) is 0 Å². The summed E-state index contributed by atoms with van der Waals surface area (Å²) in [6.07, 6.45) is 0.702. The number of benzene rings is 1. The SMILES string of the molecule is CCC(C)NS(=O)(=O)c1cc(CNC)c(Cl)cc1Cl. The molecule has 0 bridgehead atoms. The van der Waals surface area contributed by atoms with Crippen molar-refractivity contribution >= 4 is 33.2 Å². The summed E-state index contributed by atoms with van der Waals surface area (Å²) in [6.45, 7) is 4.18. The van der Waals surface area contributed by atoms with Crippen molar-refractivity contribution in [2.45, 2.75) is 37.8 Å². The fourth-order valence-corrected chi connectivity index (χ4v) is 3.71. The van der Waals surface area contributed by atoms with Gasteiger partial charge in [-0.1, -0.05) is 30.1 Å². The van der Waals surface area contributed by atoms with E-state index < -0.39 is 10.0 Å². The second-order valence-corrected chi connectivity index (χ2v) is 6.83. The molecule has 7 heteroatoms. The van der Waals surface area contributed by atoms with E-state index in [1.807, 2.05) is 6.92 Å². The van der Waals surface area contributed by atoms with E-state index in [0.29, 0.717) is 23.6 Å². The van der Waals surface area contributed by atoms with Gasteiger partial charge in [0.2, 0.25) is 10.0 Å². The molecule has 2 N–H and O–H groups in total. The van der Waals surface area contributed by atoms with E-state index in [0.717, 1.165) is 0 Å². The van der Waals surface area contributed by atoms with Gasteiger partial charge >= 0.3 is 0 Å². The molecular weight excluding hydrogens is 307 g/mol. The van der Waals surface area contributed by atoms with Crippen molar-refractivity contribution in [2.75, 3.05) is 7.05 Å². The van der Waals surface area contributed by atoms with Gasteiger partial charge in [0.1, 0.15) is 4.90 Å². The molecule has 1 aromatic rings. The second-order valence-electron chi connectivity index (χ2n) is 4.33. The van der Waals surface area contributed by atoms with Crippen LogP contribution in [0.2, 0.25) is 10.0 Å². The maximum atomic E-state index is 12.2. The van der Waals surface area contributed by atoms with Crippen LogP contribution in [0, 0.1) is 0 Å². The quantitative estimate of drug-likeness (QED) is 0.845. The molecule has 0 saturated heterocycles. The average molecular weight is 325 g/mol. The summed E-state index contributed by atoms with van der Waals surface area (Å²) >= 11 is 12.0. The maximum absolute atomic E-state index is 12.2. The van der Waals surface area contributed by atoms with E-state index >= 15 is 0 Å². The summed E-state index contributed by atoms with van der Waals surface area (Å²) < 4.78 is 27.0. The van der Waals surface area contributed by atoms with Crippen molar-refractivity contribution in [1.82, 2.24) is 10.0 Å². The Morgan fingerprint density at radius 1 is 1.26 bits per heavy atom. The Morgan fingerprint density at radius 2 is 1.89 bits per heavy atom. The Morgan fingerprint density at radius 3 is 2.42 bits per heavy atom. The van der Waals surface area contributed by atoms with E-state index in [1.54, 1.807) is 14.0 Å². The smallest absolute Gasteiger partial charge is 0.242 e. The van der Waals surface area contributed by atoms with E-state index in [-0.39, 0.29) is 16.0 Å². The van der Waals surface area contributed by atoms with Gasteiger partial charge in [0.05, 0.1) is 5.02 Å². The molecule has 19 heavy (non-hydrogen) atoms. The van der Waals surface area contributed by atoms with E-state index in [1.165, 1.54) is 12.1 Å². The number of halogens is 2. The van der Waals surface area contributed by atoms with Gasteiger partial charge in [0, 0.05) is 17.6 Å². The number of rotatable bonds is 6. The minimum Gasteiger partial charge on any atom is -0.316 e. The van der Waals surface area contributed by atoms with Gasteiger partial charge < -0.3 is 5.32 Å². The van der Waals surface area contributed by atoms with Crippen LogP contribution in [0.4, 0.5) is 0 Å². The monoisotopic (exact) mass is 324 g/mol. The number of hydrogen-bond acceptors (Lipinski definition) is 3. The lowest BCUT2D eigenvalue weighted by atomic mass is 10.2. The summed E-state index contributed by atoms with van der Waals surface area (Å²) in [5, 5.41) is 3.50. The Hall–Kier alpha value is -0.330. The van der Waals surface area contributed by atoms with Gasteiger partial charge in [0.25, 0.3) is 0 Å². The molecule has 1 rings (SSSR count). The van der Waals surface area contributed by atoms with E-state index in [4.69, 9.17) is 23.2 Å². The Balaban J connectivity index is 3.22. The third-order valence-electron chi connectivity index (χ3n) is 2.73. The summed E-state index contributed by atoms with van der Waals surface area (Å²) in [6, 6.07) is 2.82. The minimum absolute atomic E-state index is 0.0594. The van der Waals surface area contributed by atoms with Crippen LogP contribution < -0.4 is 10.0 Å². The molecule has 0 aliphatic rings. The number of hydrogen-bond donors (Lipinski definition) is 2. The van der Waals surface area contributed by atoms with Gasteiger partial charge in [-0.05, 0) is 38.1 Å². The van der Waals surface area contributed by atoms with Gasteiger partial charge in [-0.15, -0.1) is 0 Å². The topological polar surface area (TPSA) is 58.2 Å². The summed E-state index contributed by atoms with van der Waals surface area (Å²) in [5.74, 6) is 0. The predicted molar refractivity (Wildman–Crippen MR) is 79.3 cm³/mol. The minimum atomic E-state index is -3.63. The van der Waals surface area contributed by atoms with Crippen LogP contribution in [-0.2, 0) is 16.6 Å². The highest BCUT2D eigenvalue weighted by molar-refractivity contribution is 7.89. The largest absolute Gasteiger partial charge is 0.316 e. The maximum Gasteiger partial charge on any atom is 0.242 e. The standard InChI is InChI=1S/C12H18Cl2N2O2S/c1-4-8(2)16-19(17,18)12-5-9(7-15-3)10(13)6-11(12)14/h5-6,8,15-16H,4,7H2,1-3H3. The predicted octanol–water partition coefficient (Wildman–Crippen LogP) is 2.79. The van der Waals surface area contributed by atoms with Gasteiger partial charge in [0.15, 0.2) is 0 Å². The molecule has 0 aliphatic heterocycles. The fraction of sp³-hybridized carbons (Fsp3) is 0.500. The zero-order valence-corrected chi connectivity index (χ0v) is 13.5. The third-order valence-corrected chi connectivity index (χ3v) is 5.13. The van der Waals surface area contributed by atoms with Crippen molar-refractivity contribution in [2.24, 2.45) is 0 Å². The lowest BCUT2D eigenvalue weighted by molar-refractivity contribution is 0.555. The zero-order valence-electron chi connectivity index (χ0n) is 11.1. The summed E-state index contributed by atoms with van der Waals surface area (Å²) in [4.78, 5) is 0.0594. The van der Waals surface area contributed by atoms with Crippen molar-refractivity contribution in [1.29, 1.82) is 0 Å². The first-order valence-electron chi connectivity index (χ1n) is 5.96. The van der Waals surface area contributed by atoms with Crippen molar-refractivity contribution in [3.8, 4) is 0 Å². The Labute approximate surface area is 124 Å². The molecule has 0 amide bonds. The molecule has 0 heterocycles. The molecule has 0 aliphatic carbocycles. The van der Waals surface area contributed by atoms with Crippen molar-refractivity contribution < 1.29 is 8.42 Å². The molecule has 1 aromatic carbocycles. The zero-order chi connectivity index (χ0) is 14.6. The van der Waals surface area contributed by atoms with Gasteiger partial charge in [-0.2, -0.15) is 0 Å². The molecule has 0 saturated carbocycles. The first-order valence-corrected chi connectivity index (χ1v) is 8.20. The molecule has 1 atom stereocenters. The Kier molecular flexibility index (Phi) is 6.08. The first kappa shape index (κ1) is 16.7. The Bertz CT molecular complexity index is 547. The van der Waals surface area contributed by atoms with Crippen LogP contribution in [0.3, 0.4) is 0 Å². The molecule has 0 spiro atoms. The molecule has 0 radical (unpaired) electrons. The van der Waals surface area contributed by atoms with Gasteiger partial charge in [-0.25, -0.2) is 13.1 Å². The number of nitrogens with one attached hydrogen (secondary N) is 2. The van der Waals surface area contributed by atoms with E-state index in [9.17, 15) is 8.42 Å². The fourth-order valence-electron chi connectivity index (χ4n) is 1.51. The normalized spacial score (nSPS) is 13.5. The average Bonchev–Trinajstić information content (AvgIpc) is 2.31. The molecule has 108 valence electrons. The number of sulfonamides is 1. The van der Waals surface area contributed by atoms with Crippen LogP contribution in [-0.4, -0.2) is 21.5 Å². The molecule has 0 fully saturated rings. The highest BCUT2D eigenvalue weighted by Gasteiger charge is 2.21. The third kappa shape index (κ3) is 4.33. The summed E-state index contributed by atoms with van der Waals surface area (Å²) in [7, 11) is -1.87. The second kappa shape index (κ2) is 6.90. The van der Waals surface area contributed by atoms with Crippen LogP contribution in [0.1, 0.15) is 25.8 Å². The lowest BCUT2D eigenvalue weighted by Gasteiger charge is -2.14. The van der Waals surface area contributed by atoms with Crippen LogP contribution >= 0.6 is 23.2 Å². The molecule has 1 unspecified atom stereocenters. The highest BCUT2D eigenvalue weighted by Crippen LogP contribution is 2.28. The molecule has 4 nitrogen and oxygen atoms in total. The summed E-state index contributed by atoms with van der Waals surface area (Å²) in [5.41, 5.74) is 0.693. The van der Waals surface area contributed by atoms with E-state index in [2.05, 4.69) is 10.0 Å². The van der Waals surface area contributed by atoms with Crippen LogP contribution in [0.5, 0.6) is 0 Å². The van der Waals surface area contributed by atoms with Crippen molar-refractivity contribution in [3.05, 3.63) is 27.7 Å². The molecular formula is C12H18Cl2N2O2S. The van der Waals surface area contributed by atoms with Crippen LogP contribution in [0.15, 0.2) is 17.0 Å². The van der Waals surface area contributed by atoms with Crippen molar-refractivity contribution in [3.63, 3.8) is 0 Å². The lowest BCUT2D eigenvalue weighted by Crippen LogP contribution is -2.32.